The quantitative estimate of drug-likeness (QED) is 0.232. The Morgan fingerprint density at radius 3 is 2.73 bits per heavy atom. The first-order valence-electron chi connectivity index (χ1n) is 9.25. The Bertz CT molecular complexity index is 606. The average molecular weight is 377 g/mol. The molecule has 5 heteroatoms. The van der Waals surface area contributed by atoms with E-state index < -0.39 is 23.9 Å². The van der Waals surface area contributed by atoms with E-state index >= 15 is 0 Å². The molecule has 0 aromatic heterocycles. The fraction of sp³-hybridized carbons (Fsp3) is 0.524. The SMILES string of the molecule is CCCCCC=CC(Sc1ccccc1)C1C(O)CC(=O)C1C(=O)OC. The van der Waals surface area contributed by atoms with Crippen molar-refractivity contribution in [2.75, 3.05) is 7.11 Å². The van der Waals surface area contributed by atoms with Gasteiger partial charge in [-0.1, -0.05) is 50.1 Å². The van der Waals surface area contributed by atoms with Gasteiger partial charge in [-0.15, -0.1) is 11.8 Å². The van der Waals surface area contributed by atoms with Gasteiger partial charge < -0.3 is 9.84 Å². The molecule has 4 atom stereocenters. The smallest absolute Gasteiger partial charge is 0.316 e. The number of ketones is 1. The number of allylic oxidation sites excluding steroid dienone is 1. The van der Waals surface area contributed by atoms with E-state index in [0.29, 0.717) is 0 Å². The first-order valence-corrected chi connectivity index (χ1v) is 10.1. The van der Waals surface area contributed by atoms with Crippen molar-refractivity contribution in [3.8, 4) is 0 Å². The zero-order valence-corrected chi connectivity index (χ0v) is 16.3. The minimum absolute atomic E-state index is 0.0138. The summed E-state index contributed by atoms with van der Waals surface area (Å²) in [5.41, 5.74) is 0. The Hall–Kier alpha value is -1.59. The molecule has 1 aliphatic rings. The van der Waals surface area contributed by atoms with Crippen LogP contribution in [-0.2, 0) is 14.3 Å². The summed E-state index contributed by atoms with van der Waals surface area (Å²) in [5, 5.41) is 10.3. The van der Waals surface area contributed by atoms with Crippen LogP contribution in [-0.4, -0.2) is 35.3 Å². The number of thioether (sulfide) groups is 1. The number of esters is 1. The summed E-state index contributed by atoms with van der Waals surface area (Å²) in [5.74, 6) is -2.14. The van der Waals surface area contributed by atoms with E-state index in [1.54, 1.807) is 11.8 Å². The van der Waals surface area contributed by atoms with Gasteiger partial charge in [0, 0.05) is 22.5 Å². The van der Waals surface area contributed by atoms with Crippen molar-refractivity contribution >= 4 is 23.5 Å². The van der Waals surface area contributed by atoms with Crippen LogP contribution in [0.15, 0.2) is 47.4 Å². The lowest BCUT2D eigenvalue weighted by Crippen LogP contribution is -2.35. The Morgan fingerprint density at radius 1 is 1.35 bits per heavy atom. The number of aliphatic hydroxyl groups is 1. The van der Waals surface area contributed by atoms with E-state index in [0.717, 1.165) is 24.2 Å². The van der Waals surface area contributed by atoms with Gasteiger partial charge >= 0.3 is 5.97 Å². The third-order valence-electron chi connectivity index (χ3n) is 4.74. The van der Waals surface area contributed by atoms with Crippen molar-refractivity contribution in [3.05, 3.63) is 42.5 Å². The second kappa shape index (κ2) is 10.5. The minimum Gasteiger partial charge on any atom is -0.468 e. The predicted octanol–water partition coefficient (Wildman–Crippen LogP) is 4.02. The third-order valence-corrected chi connectivity index (χ3v) is 6.02. The molecule has 1 saturated carbocycles. The lowest BCUT2D eigenvalue weighted by atomic mass is 9.90. The van der Waals surface area contributed by atoms with Gasteiger partial charge in [-0.05, 0) is 25.0 Å². The average Bonchev–Trinajstić information content (AvgIpc) is 2.94. The van der Waals surface area contributed by atoms with Crippen LogP contribution in [0.1, 0.15) is 39.0 Å². The number of hydrogen-bond donors (Lipinski definition) is 1. The van der Waals surface area contributed by atoms with Crippen molar-refractivity contribution in [1.82, 2.24) is 0 Å². The molecular weight excluding hydrogens is 348 g/mol. The monoisotopic (exact) mass is 376 g/mol. The number of rotatable bonds is 9. The molecule has 0 bridgehead atoms. The molecule has 0 saturated heterocycles. The lowest BCUT2D eigenvalue weighted by Gasteiger charge is -2.26. The molecule has 1 aromatic rings. The van der Waals surface area contributed by atoms with E-state index in [9.17, 15) is 14.7 Å². The molecule has 0 radical (unpaired) electrons. The number of carbonyl (C=O) groups excluding carboxylic acids is 2. The Balaban J connectivity index is 2.22. The van der Waals surface area contributed by atoms with Crippen molar-refractivity contribution in [2.45, 2.75) is 55.3 Å². The van der Waals surface area contributed by atoms with Crippen LogP contribution in [0, 0.1) is 11.8 Å². The molecule has 4 nitrogen and oxygen atoms in total. The van der Waals surface area contributed by atoms with Gasteiger partial charge in [-0.3, -0.25) is 9.59 Å². The number of aliphatic hydroxyl groups excluding tert-OH is 1. The minimum atomic E-state index is -0.892. The van der Waals surface area contributed by atoms with Crippen molar-refractivity contribution < 1.29 is 19.4 Å². The second-order valence-electron chi connectivity index (χ2n) is 6.64. The van der Waals surface area contributed by atoms with Gasteiger partial charge in [0.15, 0.2) is 0 Å². The van der Waals surface area contributed by atoms with Gasteiger partial charge in [0.1, 0.15) is 11.7 Å². The molecule has 0 amide bonds. The Labute approximate surface area is 160 Å². The van der Waals surface area contributed by atoms with E-state index in [1.165, 1.54) is 13.5 Å². The molecule has 142 valence electrons. The van der Waals surface area contributed by atoms with Gasteiger partial charge in [-0.25, -0.2) is 0 Å². The van der Waals surface area contributed by atoms with Crippen molar-refractivity contribution in [1.29, 1.82) is 0 Å². The summed E-state index contributed by atoms with van der Waals surface area (Å²) in [6.07, 6.45) is 7.76. The van der Waals surface area contributed by atoms with E-state index in [1.807, 2.05) is 30.3 Å². The van der Waals surface area contributed by atoms with Crippen LogP contribution < -0.4 is 0 Å². The standard InChI is InChI=1S/C21H28O4S/c1-3-4-5-6-10-13-18(26-15-11-8-7-9-12-15)19-16(22)14-17(23)20(19)21(24)25-2/h7-13,16,18-20,22H,3-6,14H2,1-2H3. The Morgan fingerprint density at radius 2 is 2.08 bits per heavy atom. The molecule has 0 aliphatic heterocycles. The number of Topliss-reactive ketones (excluding diaryl/α,β-unsaturated/α-hetero) is 1. The highest BCUT2D eigenvalue weighted by molar-refractivity contribution is 8.00. The van der Waals surface area contributed by atoms with Crippen LogP contribution in [0.3, 0.4) is 0 Å². The van der Waals surface area contributed by atoms with Crippen LogP contribution in [0.2, 0.25) is 0 Å². The van der Waals surface area contributed by atoms with Gasteiger partial charge in [0.05, 0.1) is 13.2 Å². The molecule has 1 aliphatic carbocycles. The largest absolute Gasteiger partial charge is 0.468 e. The van der Waals surface area contributed by atoms with Crippen LogP contribution in [0.4, 0.5) is 0 Å². The van der Waals surface area contributed by atoms with E-state index in [2.05, 4.69) is 19.1 Å². The number of benzene rings is 1. The van der Waals surface area contributed by atoms with Crippen LogP contribution in [0.25, 0.3) is 0 Å². The normalized spacial score (nSPS) is 24.1. The van der Waals surface area contributed by atoms with Gasteiger partial charge in [0.25, 0.3) is 0 Å². The maximum absolute atomic E-state index is 12.3. The van der Waals surface area contributed by atoms with Crippen LogP contribution in [0.5, 0.6) is 0 Å². The highest BCUT2D eigenvalue weighted by Crippen LogP contribution is 2.41. The molecule has 1 fully saturated rings. The summed E-state index contributed by atoms with van der Waals surface area (Å²) in [4.78, 5) is 25.5. The fourth-order valence-electron chi connectivity index (χ4n) is 3.38. The summed E-state index contributed by atoms with van der Waals surface area (Å²) >= 11 is 1.58. The van der Waals surface area contributed by atoms with Crippen molar-refractivity contribution in [3.63, 3.8) is 0 Å². The summed E-state index contributed by atoms with van der Waals surface area (Å²) in [7, 11) is 1.29. The van der Waals surface area contributed by atoms with Crippen LogP contribution >= 0.6 is 11.8 Å². The first-order chi connectivity index (χ1) is 12.6. The van der Waals surface area contributed by atoms with Gasteiger partial charge in [0.2, 0.25) is 0 Å². The molecule has 26 heavy (non-hydrogen) atoms. The number of methoxy groups -OCH3 is 1. The lowest BCUT2D eigenvalue weighted by molar-refractivity contribution is -0.150. The fourth-order valence-corrected chi connectivity index (χ4v) is 4.69. The first kappa shape index (κ1) is 20.7. The zero-order valence-electron chi connectivity index (χ0n) is 15.5. The third kappa shape index (κ3) is 5.45. The highest BCUT2D eigenvalue weighted by atomic mass is 32.2. The second-order valence-corrected chi connectivity index (χ2v) is 7.89. The molecule has 1 N–H and O–H groups in total. The maximum atomic E-state index is 12.3. The maximum Gasteiger partial charge on any atom is 0.316 e. The summed E-state index contributed by atoms with van der Waals surface area (Å²) < 4.78 is 4.84. The van der Waals surface area contributed by atoms with Crippen molar-refractivity contribution in [2.24, 2.45) is 11.8 Å². The highest BCUT2D eigenvalue weighted by Gasteiger charge is 2.49. The number of hydrogen-bond acceptors (Lipinski definition) is 5. The Kier molecular flexibility index (Phi) is 8.39. The summed E-state index contributed by atoms with van der Waals surface area (Å²) in [6, 6.07) is 9.86. The topological polar surface area (TPSA) is 63.6 Å². The number of ether oxygens (including phenoxy) is 1. The number of carbonyl (C=O) groups is 2. The van der Waals surface area contributed by atoms with E-state index in [-0.39, 0.29) is 17.5 Å². The molecule has 1 aromatic carbocycles. The molecule has 2 rings (SSSR count). The van der Waals surface area contributed by atoms with Gasteiger partial charge in [-0.2, -0.15) is 0 Å². The zero-order chi connectivity index (χ0) is 18.9. The molecular formula is C21H28O4S. The predicted molar refractivity (Wildman–Crippen MR) is 104 cm³/mol. The molecule has 4 unspecified atom stereocenters. The molecule has 0 spiro atoms. The number of unbranched alkanes of at least 4 members (excludes halogenated alkanes) is 3. The summed E-state index contributed by atoms with van der Waals surface area (Å²) in [6.45, 7) is 2.17. The molecule has 0 heterocycles. The van der Waals surface area contributed by atoms with E-state index in [4.69, 9.17) is 4.74 Å².